The van der Waals surface area contributed by atoms with Crippen LogP contribution >= 0.6 is 28.3 Å². The predicted molar refractivity (Wildman–Crippen MR) is 60.5 cm³/mol. The standard InChI is InChI=1S/C6H7ClNO2PS2/c7-13-6-4-2-1-3-5(6)8-11(9,10)12/h1-4H,(H3,8,9,10,12). The van der Waals surface area contributed by atoms with Crippen molar-refractivity contribution in [1.82, 2.24) is 0 Å². The van der Waals surface area contributed by atoms with Crippen molar-refractivity contribution in [3.05, 3.63) is 24.3 Å². The van der Waals surface area contributed by atoms with Crippen LogP contribution in [-0.2, 0) is 11.8 Å². The lowest BCUT2D eigenvalue weighted by Gasteiger charge is -2.12. The van der Waals surface area contributed by atoms with Gasteiger partial charge in [0, 0.05) is 4.90 Å². The predicted octanol–water partition coefficient (Wildman–Crippen LogP) is 2.55. The van der Waals surface area contributed by atoms with Crippen molar-refractivity contribution < 1.29 is 9.79 Å². The number of hydrogen-bond acceptors (Lipinski definition) is 2. The average Bonchev–Trinajstić information content (AvgIpc) is 2.02. The monoisotopic (exact) mass is 255 g/mol. The Morgan fingerprint density at radius 3 is 2.54 bits per heavy atom. The summed E-state index contributed by atoms with van der Waals surface area (Å²) in [4.78, 5) is 18.7. The Balaban J connectivity index is 2.94. The third-order valence-electron chi connectivity index (χ3n) is 1.24. The number of benzene rings is 1. The van der Waals surface area contributed by atoms with Crippen molar-refractivity contribution in [3.8, 4) is 0 Å². The highest BCUT2D eigenvalue weighted by Crippen LogP contribution is 2.40. The van der Waals surface area contributed by atoms with Crippen LogP contribution in [0.5, 0.6) is 0 Å². The number of nitrogens with one attached hydrogen (secondary N) is 1. The van der Waals surface area contributed by atoms with E-state index in [2.05, 4.69) is 16.9 Å². The second-order valence-corrected chi connectivity index (χ2v) is 6.13. The molecule has 3 N–H and O–H groups in total. The highest BCUT2D eigenvalue weighted by atomic mass is 35.7. The maximum atomic E-state index is 9.01. The molecule has 3 nitrogen and oxygen atoms in total. The van der Waals surface area contributed by atoms with Crippen molar-refractivity contribution in [2.24, 2.45) is 0 Å². The lowest BCUT2D eigenvalue weighted by molar-refractivity contribution is 0.486. The molecule has 0 unspecified atom stereocenters. The van der Waals surface area contributed by atoms with Gasteiger partial charge in [0.25, 0.3) is 6.64 Å². The van der Waals surface area contributed by atoms with E-state index < -0.39 is 6.64 Å². The van der Waals surface area contributed by atoms with E-state index in [0.717, 1.165) is 11.0 Å². The first-order valence-electron chi connectivity index (χ1n) is 3.24. The second kappa shape index (κ2) is 4.64. The zero-order valence-corrected chi connectivity index (χ0v) is 9.63. The van der Waals surface area contributed by atoms with Crippen LogP contribution in [0.1, 0.15) is 0 Å². The molecule has 72 valence electrons. The Morgan fingerprint density at radius 2 is 2.00 bits per heavy atom. The molecule has 0 spiro atoms. The Hall–Kier alpha value is 0.230. The maximum absolute atomic E-state index is 9.01. The SMILES string of the molecule is OP(O)(=S)Nc1ccccc1SCl. The molecule has 1 aromatic carbocycles. The largest absolute Gasteiger partial charge is 0.330 e. The van der Waals surface area contributed by atoms with E-state index in [-0.39, 0.29) is 0 Å². The van der Waals surface area contributed by atoms with Crippen molar-refractivity contribution >= 4 is 45.8 Å². The molecule has 0 aromatic heterocycles. The summed E-state index contributed by atoms with van der Waals surface area (Å²) >= 11 is 4.43. The van der Waals surface area contributed by atoms with Gasteiger partial charge in [-0.05, 0) is 45.6 Å². The number of hydrogen-bond donors (Lipinski definition) is 3. The Morgan fingerprint density at radius 1 is 1.38 bits per heavy atom. The van der Waals surface area contributed by atoms with Crippen LogP contribution in [0.3, 0.4) is 0 Å². The summed E-state index contributed by atoms with van der Waals surface area (Å²) in [6.07, 6.45) is 0. The van der Waals surface area contributed by atoms with Crippen LogP contribution in [0, 0.1) is 0 Å². The van der Waals surface area contributed by atoms with Gasteiger partial charge in [0.15, 0.2) is 0 Å². The molecular weight excluding hydrogens is 249 g/mol. The molecule has 7 heteroatoms. The fourth-order valence-electron chi connectivity index (χ4n) is 0.783. The van der Waals surface area contributed by atoms with E-state index in [1.807, 2.05) is 0 Å². The van der Waals surface area contributed by atoms with Crippen LogP contribution in [0.15, 0.2) is 29.2 Å². The Labute approximate surface area is 89.8 Å². The van der Waals surface area contributed by atoms with Gasteiger partial charge in [0.2, 0.25) is 0 Å². The third kappa shape index (κ3) is 3.85. The Kier molecular flexibility index (Phi) is 4.04. The number of anilines is 1. The van der Waals surface area contributed by atoms with Crippen molar-refractivity contribution in [3.63, 3.8) is 0 Å². The molecule has 0 fully saturated rings. The van der Waals surface area contributed by atoms with E-state index in [1.165, 1.54) is 0 Å². The summed E-state index contributed by atoms with van der Waals surface area (Å²) < 4.78 is 0. The summed E-state index contributed by atoms with van der Waals surface area (Å²) in [5.74, 6) is 0. The molecule has 1 aromatic rings. The van der Waals surface area contributed by atoms with Crippen LogP contribution < -0.4 is 5.09 Å². The molecule has 0 heterocycles. The Bertz CT molecular complexity index is 343. The molecule has 13 heavy (non-hydrogen) atoms. The maximum Gasteiger partial charge on any atom is 0.282 e. The average molecular weight is 256 g/mol. The molecular formula is C6H7ClNO2PS2. The summed E-state index contributed by atoms with van der Waals surface area (Å²) in [6.45, 7) is -3.42. The molecule has 0 amide bonds. The van der Waals surface area contributed by atoms with Gasteiger partial charge in [-0.1, -0.05) is 12.1 Å². The van der Waals surface area contributed by atoms with Gasteiger partial charge < -0.3 is 14.9 Å². The summed E-state index contributed by atoms with van der Waals surface area (Å²) in [5, 5.41) is 2.43. The van der Waals surface area contributed by atoms with Gasteiger partial charge in [0.05, 0.1) is 5.69 Å². The second-order valence-electron chi connectivity index (χ2n) is 2.23. The van der Waals surface area contributed by atoms with Gasteiger partial charge in [-0.25, -0.2) is 0 Å². The van der Waals surface area contributed by atoms with Crippen LogP contribution in [0.2, 0.25) is 0 Å². The summed E-state index contributed by atoms with van der Waals surface area (Å²) in [7, 11) is 6.55. The van der Waals surface area contributed by atoms with Crippen molar-refractivity contribution in [2.45, 2.75) is 4.90 Å². The normalized spacial score (nSPS) is 11.3. The summed E-state index contributed by atoms with van der Waals surface area (Å²) in [5.41, 5.74) is 0.538. The van der Waals surface area contributed by atoms with E-state index in [1.54, 1.807) is 24.3 Å². The van der Waals surface area contributed by atoms with Gasteiger partial charge in [-0.2, -0.15) is 0 Å². The molecule has 0 aliphatic heterocycles. The molecule has 0 aliphatic rings. The van der Waals surface area contributed by atoms with E-state index in [0.29, 0.717) is 10.6 Å². The molecule has 0 aliphatic carbocycles. The minimum atomic E-state index is -3.42. The molecule has 0 radical (unpaired) electrons. The van der Waals surface area contributed by atoms with Gasteiger partial charge >= 0.3 is 0 Å². The van der Waals surface area contributed by atoms with Crippen LogP contribution in [0.4, 0.5) is 5.69 Å². The van der Waals surface area contributed by atoms with Crippen LogP contribution in [-0.4, -0.2) is 9.79 Å². The van der Waals surface area contributed by atoms with E-state index >= 15 is 0 Å². The highest BCUT2D eigenvalue weighted by molar-refractivity contribution is 8.21. The highest BCUT2D eigenvalue weighted by Gasteiger charge is 2.09. The van der Waals surface area contributed by atoms with Gasteiger partial charge in [0.1, 0.15) is 0 Å². The van der Waals surface area contributed by atoms with E-state index in [4.69, 9.17) is 20.5 Å². The van der Waals surface area contributed by atoms with Crippen molar-refractivity contribution in [1.29, 1.82) is 0 Å². The minimum absolute atomic E-state index is 0.538. The molecule has 0 saturated heterocycles. The van der Waals surface area contributed by atoms with Crippen LogP contribution in [0.25, 0.3) is 0 Å². The number of rotatable bonds is 3. The lowest BCUT2D eigenvalue weighted by Crippen LogP contribution is -1.94. The molecule has 0 saturated carbocycles. The fourth-order valence-corrected chi connectivity index (χ4v) is 2.40. The van der Waals surface area contributed by atoms with E-state index in [9.17, 15) is 0 Å². The molecule has 0 atom stereocenters. The number of halogens is 1. The quantitative estimate of drug-likeness (QED) is 0.725. The van der Waals surface area contributed by atoms with Gasteiger partial charge in [-0.3, -0.25) is 0 Å². The van der Waals surface area contributed by atoms with Gasteiger partial charge in [-0.15, -0.1) is 0 Å². The zero-order chi connectivity index (χ0) is 9.90. The molecule has 0 bridgehead atoms. The first kappa shape index (κ1) is 11.3. The fraction of sp³-hybridized carbons (Fsp3) is 0. The lowest BCUT2D eigenvalue weighted by atomic mass is 10.3. The first-order valence-corrected chi connectivity index (χ1v) is 7.59. The number of para-hydroxylation sites is 1. The minimum Gasteiger partial charge on any atom is -0.330 e. The van der Waals surface area contributed by atoms with Crippen molar-refractivity contribution in [2.75, 3.05) is 5.09 Å². The summed E-state index contributed by atoms with van der Waals surface area (Å²) in [6, 6.07) is 6.99. The third-order valence-corrected chi connectivity index (χ3v) is 3.06. The smallest absolute Gasteiger partial charge is 0.282 e. The topological polar surface area (TPSA) is 52.5 Å². The first-order chi connectivity index (χ1) is 6.03. The zero-order valence-electron chi connectivity index (χ0n) is 6.35. The molecule has 1 rings (SSSR count).